The number of benzene rings is 3. The highest BCUT2D eigenvalue weighted by Gasteiger charge is 2.07. The Morgan fingerprint density at radius 2 is 1.85 bits per heavy atom. The van der Waals surface area contributed by atoms with Crippen LogP contribution < -0.4 is 5.43 Å². The molecule has 0 saturated heterocycles. The SMILES string of the molecule is CC(=NNC(=O)CSc1nc2ccccc2s1)c1ccc2ccccc2c1. The van der Waals surface area contributed by atoms with Crippen molar-refractivity contribution in [2.24, 2.45) is 5.10 Å². The third-order valence-electron chi connectivity index (χ3n) is 4.12. The molecule has 0 spiro atoms. The van der Waals surface area contributed by atoms with E-state index in [1.165, 1.54) is 17.1 Å². The normalized spacial score (nSPS) is 11.8. The number of rotatable bonds is 5. The van der Waals surface area contributed by atoms with Crippen LogP contribution in [0.5, 0.6) is 0 Å². The number of aromatic nitrogens is 1. The molecule has 3 aromatic carbocycles. The Bertz CT molecular complexity index is 1120. The topological polar surface area (TPSA) is 54.4 Å². The third kappa shape index (κ3) is 4.18. The summed E-state index contributed by atoms with van der Waals surface area (Å²) in [5.41, 5.74) is 5.38. The number of hydrogen-bond donors (Lipinski definition) is 1. The van der Waals surface area contributed by atoms with Crippen LogP contribution in [-0.4, -0.2) is 22.4 Å². The molecule has 0 bridgehead atoms. The molecule has 27 heavy (non-hydrogen) atoms. The third-order valence-corrected chi connectivity index (χ3v) is 6.30. The van der Waals surface area contributed by atoms with E-state index in [4.69, 9.17) is 0 Å². The lowest BCUT2D eigenvalue weighted by molar-refractivity contribution is -0.118. The molecule has 0 unspecified atom stereocenters. The molecule has 4 rings (SSSR count). The highest BCUT2D eigenvalue weighted by Crippen LogP contribution is 2.29. The van der Waals surface area contributed by atoms with E-state index in [0.717, 1.165) is 31.2 Å². The van der Waals surface area contributed by atoms with Crippen molar-refractivity contribution in [3.63, 3.8) is 0 Å². The lowest BCUT2D eigenvalue weighted by Gasteiger charge is -2.04. The molecule has 0 fully saturated rings. The van der Waals surface area contributed by atoms with Crippen LogP contribution in [0.4, 0.5) is 0 Å². The first-order valence-corrected chi connectivity index (χ1v) is 10.3. The Kier molecular flexibility index (Phi) is 5.18. The van der Waals surface area contributed by atoms with Crippen molar-refractivity contribution in [2.45, 2.75) is 11.3 Å². The van der Waals surface area contributed by atoms with Gasteiger partial charge in [-0.2, -0.15) is 5.10 Å². The summed E-state index contributed by atoms with van der Waals surface area (Å²) in [5.74, 6) is 0.147. The van der Waals surface area contributed by atoms with Crippen LogP contribution in [0, 0.1) is 0 Å². The molecule has 0 atom stereocenters. The second kappa shape index (κ2) is 7.90. The van der Waals surface area contributed by atoms with E-state index >= 15 is 0 Å². The van der Waals surface area contributed by atoms with Gasteiger partial charge in [0.15, 0.2) is 4.34 Å². The van der Waals surface area contributed by atoms with Gasteiger partial charge in [0.2, 0.25) is 0 Å². The first kappa shape index (κ1) is 17.7. The summed E-state index contributed by atoms with van der Waals surface area (Å²) in [7, 11) is 0. The van der Waals surface area contributed by atoms with Gasteiger partial charge in [-0.15, -0.1) is 11.3 Å². The zero-order chi connectivity index (χ0) is 18.6. The van der Waals surface area contributed by atoms with Gasteiger partial charge in [-0.05, 0) is 41.5 Å². The second-order valence-corrected chi connectivity index (χ2v) is 8.28. The van der Waals surface area contributed by atoms with Crippen molar-refractivity contribution in [1.82, 2.24) is 10.4 Å². The molecular weight excluding hydrogens is 374 g/mol. The van der Waals surface area contributed by atoms with Crippen LogP contribution in [0.1, 0.15) is 12.5 Å². The van der Waals surface area contributed by atoms with E-state index in [2.05, 4.69) is 39.8 Å². The van der Waals surface area contributed by atoms with E-state index < -0.39 is 0 Å². The van der Waals surface area contributed by atoms with E-state index in [0.29, 0.717) is 0 Å². The fourth-order valence-electron chi connectivity index (χ4n) is 2.70. The molecule has 1 aromatic heterocycles. The molecule has 6 heteroatoms. The van der Waals surface area contributed by atoms with Gasteiger partial charge in [0.1, 0.15) is 0 Å². The molecule has 0 aliphatic carbocycles. The maximum absolute atomic E-state index is 12.1. The number of nitrogens with zero attached hydrogens (tertiary/aromatic N) is 2. The van der Waals surface area contributed by atoms with Crippen LogP contribution in [0.3, 0.4) is 0 Å². The van der Waals surface area contributed by atoms with Crippen molar-refractivity contribution >= 4 is 55.7 Å². The minimum Gasteiger partial charge on any atom is -0.272 e. The summed E-state index contributed by atoms with van der Waals surface area (Å²) in [5, 5.41) is 6.58. The summed E-state index contributed by atoms with van der Waals surface area (Å²) in [4.78, 5) is 16.6. The predicted molar refractivity (Wildman–Crippen MR) is 115 cm³/mol. The van der Waals surface area contributed by atoms with Gasteiger partial charge in [-0.25, -0.2) is 10.4 Å². The fraction of sp³-hybridized carbons (Fsp3) is 0.0952. The number of para-hydroxylation sites is 1. The second-order valence-electron chi connectivity index (χ2n) is 6.03. The van der Waals surface area contributed by atoms with Crippen molar-refractivity contribution in [3.8, 4) is 0 Å². The van der Waals surface area contributed by atoms with Crippen LogP contribution in [0.2, 0.25) is 0 Å². The number of thioether (sulfide) groups is 1. The molecule has 1 amide bonds. The molecule has 0 aliphatic heterocycles. The number of fused-ring (bicyclic) bond motifs is 2. The number of amides is 1. The molecule has 134 valence electrons. The molecular formula is C21H17N3OS2. The lowest BCUT2D eigenvalue weighted by atomic mass is 10.0. The largest absolute Gasteiger partial charge is 0.272 e. The number of thiazole rings is 1. The molecule has 4 nitrogen and oxygen atoms in total. The molecule has 4 aromatic rings. The minimum atomic E-state index is -0.139. The summed E-state index contributed by atoms with van der Waals surface area (Å²) in [6.45, 7) is 1.89. The van der Waals surface area contributed by atoms with Gasteiger partial charge in [-0.1, -0.05) is 60.3 Å². The first-order chi connectivity index (χ1) is 13.2. The Hall–Kier alpha value is -2.70. The number of carbonyl (C=O) groups excluding carboxylic acids is 1. The minimum absolute atomic E-state index is 0.139. The fourth-order valence-corrected chi connectivity index (χ4v) is 4.56. The number of nitrogens with one attached hydrogen (secondary N) is 1. The van der Waals surface area contributed by atoms with Crippen LogP contribution >= 0.6 is 23.1 Å². The predicted octanol–water partition coefficient (Wildman–Crippen LogP) is 5.08. The Labute approximate surface area is 165 Å². The highest BCUT2D eigenvalue weighted by atomic mass is 32.2. The van der Waals surface area contributed by atoms with Crippen molar-refractivity contribution in [2.75, 3.05) is 5.75 Å². The van der Waals surface area contributed by atoms with Gasteiger partial charge in [0, 0.05) is 0 Å². The van der Waals surface area contributed by atoms with Crippen LogP contribution in [0.25, 0.3) is 21.0 Å². The van der Waals surface area contributed by atoms with Gasteiger partial charge in [0.25, 0.3) is 5.91 Å². The van der Waals surface area contributed by atoms with Gasteiger partial charge in [0.05, 0.1) is 21.7 Å². The summed E-state index contributed by atoms with van der Waals surface area (Å²) in [6, 6.07) is 22.3. The quantitative estimate of drug-likeness (QED) is 0.293. The molecule has 0 radical (unpaired) electrons. The van der Waals surface area contributed by atoms with Crippen molar-refractivity contribution in [3.05, 3.63) is 72.3 Å². The number of hydrazone groups is 1. The maximum Gasteiger partial charge on any atom is 0.250 e. The number of hydrogen-bond acceptors (Lipinski definition) is 5. The van der Waals surface area contributed by atoms with Gasteiger partial charge < -0.3 is 0 Å². The molecule has 0 saturated carbocycles. The standard InChI is InChI=1S/C21H17N3OS2/c1-14(16-11-10-15-6-2-3-7-17(15)12-16)23-24-20(25)13-26-21-22-18-8-4-5-9-19(18)27-21/h2-12H,13H2,1H3,(H,24,25). The highest BCUT2D eigenvalue weighted by molar-refractivity contribution is 8.01. The van der Waals surface area contributed by atoms with E-state index in [-0.39, 0.29) is 11.7 Å². The first-order valence-electron chi connectivity index (χ1n) is 8.50. The average molecular weight is 392 g/mol. The Morgan fingerprint density at radius 3 is 2.70 bits per heavy atom. The van der Waals surface area contributed by atoms with E-state index in [1.807, 2.05) is 49.4 Å². The van der Waals surface area contributed by atoms with Crippen molar-refractivity contribution in [1.29, 1.82) is 0 Å². The monoisotopic (exact) mass is 391 g/mol. The van der Waals surface area contributed by atoms with Crippen molar-refractivity contribution < 1.29 is 4.79 Å². The summed E-state index contributed by atoms with van der Waals surface area (Å²) < 4.78 is 2.02. The molecule has 1 N–H and O–H groups in total. The lowest BCUT2D eigenvalue weighted by Crippen LogP contribution is -2.21. The average Bonchev–Trinajstić information content (AvgIpc) is 3.13. The summed E-state index contributed by atoms with van der Waals surface area (Å²) >= 11 is 3.03. The molecule has 1 heterocycles. The molecule has 0 aliphatic rings. The Balaban J connectivity index is 1.38. The van der Waals surface area contributed by atoms with Crippen LogP contribution in [-0.2, 0) is 4.79 Å². The zero-order valence-corrected chi connectivity index (χ0v) is 16.3. The van der Waals surface area contributed by atoms with Crippen LogP contribution in [0.15, 0.2) is 76.2 Å². The van der Waals surface area contributed by atoms with Gasteiger partial charge in [-0.3, -0.25) is 4.79 Å². The zero-order valence-electron chi connectivity index (χ0n) is 14.7. The summed E-state index contributed by atoms with van der Waals surface area (Å²) in [6.07, 6.45) is 0. The Morgan fingerprint density at radius 1 is 1.07 bits per heavy atom. The maximum atomic E-state index is 12.1. The smallest absolute Gasteiger partial charge is 0.250 e. The van der Waals surface area contributed by atoms with E-state index in [9.17, 15) is 4.79 Å². The van der Waals surface area contributed by atoms with Gasteiger partial charge >= 0.3 is 0 Å². The van der Waals surface area contributed by atoms with E-state index in [1.54, 1.807) is 11.3 Å². The number of carbonyl (C=O) groups is 1.